The number of thiophene rings is 1. The smallest absolute Gasteiger partial charge is 0.259 e. The van der Waals surface area contributed by atoms with Crippen LogP contribution in [-0.4, -0.2) is 24.9 Å². The fraction of sp³-hybridized carbons (Fsp3) is 0.176. The summed E-state index contributed by atoms with van der Waals surface area (Å²) < 4.78 is 7.36. The van der Waals surface area contributed by atoms with Crippen molar-refractivity contribution in [3.63, 3.8) is 0 Å². The maximum absolute atomic E-state index is 6.21. The zero-order valence-corrected chi connectivity index (χ0v) is 17.2. The first-order valence-electron chi connectivity index (χ1n) is 8.01. The van der Waals surface area contributed by atoms with Crippen molar-refractivity contribution in [3.8, 4) is 22.8 Å². The molecule has 1 unspecified atom stereocenters. The molecule has 138 valence electrons. The van der Waals surface area contributed by atoms with Crippen LogP contribution < -0.4 is 0 Å². The van der Waals surface area contributed by atoms with Gasteiger partial charge in [0.2, 0.25) is 0 Å². The Bertz CT molecular complexity index is 1080. The van der Waals surface area contributed by atoms with Crippen molar-refractivity contribution in [3.05, 3.63) is 56.7 Å². The van der Waals surface area contributed by atoms with Crippen LogP contribution >= 0.6 is 47.2 Å². The highest BCUT2D eigenvalue weighted by atomic mass is 35.5. The molecular weight excluding hydrogens is 425 g/mol. The second-order valence-corrected chi connectivity index (χ2v) is 7.76. The van der Waals surface area contributed by atoms with Crippen LogP contribution in [0.2, 0.25) is 10.0 Å². The monoisotopic (exact) mass is 437 g/mol. The molecular formula is C17H13Cl2N5OS2. The Kier molecular flexibility index (Phi) is 5.23. The van der Waals surface area contributed by atoms with Crippen molar-refractivity contribution in [2.24, 2.45) is 0 Å². The molecule has 6 nitrogen and oxygen atoms in total. The van der Waals surface area contributed by atoms with Gasteiger partial charge in [0.15, 0.2) is 17.5 Å². The van der Waals surface area contributed by atoms with Crippen LogP contribution in [0, 0.1) is 0 Å². The largest absolute Gasteiger partial charge is 0.334 e. The molecule has 3 heterocycles. The van der Waals surface area contributed by atoms with Crippen molar-refractivity contribution < 1.29 is 4.52 Å². The van der Waals surface area contributed by atoms with Crippen LogP contribution in [0.25, 0.3) is 22.8 Å². The second kappa shape index (κ2) is 7.63. The van der Waals surface area contributed by atoms with E-state index in [1.54, 1.807) is 29.5 Å². The Morgan fingerprint density at radius 3 is 2.85 bits per heavy atom. The van der Waals surface area contributed by atoms with E-state index in [-0.39, 0.29) is 5.89 Å². The first-order chi connectivity index (χ1) is 13.1. The number of hydrogen-bond donors (Lipinski definition) is 1. The molecule has 10 heteroatoms. The topological polar surface area (TPSA) is 69.6 Å². The van der Waals surface area contributed by atoms with Crippen molar-refractivity contribution in [2.45, 2.75) is 18.7 Å². The van der Waals surface area contributed by atoms with E-state index in [1.165, 1.54) is 0 Å². The number of thiol groups is 1. The highest BCUT2D eigenvalue weighted by Crippen LogP contribution is 2.33. The summed E-state index contributed by atoms with van der Waals surface area (Å²) in [5, 5.41) is 17.2. The van der Waals surface area contributed by atoms with Crippen molar-refractivity contribution >= 4 is 47.2 Å². The molecule has 0 saturated carbocycles. The van der Waals surface area contributed by atoms with Gasteiger partial charge >= 0.3 is 0 Å². The molecule has 0 aliphatic rings. The third kappa shape index (κ3) is 3.50. The van der Waals surface area contributed by atoms with E-state index in [9.17, 15) is 0 Å². The summed E-state index contributed by atoms with van der Waals surface area (Å²) in [5.41, 5.74) is 1.58. The maximum atomic E-state index is 6.21. The summed E-state index contributed by atoms with van der Waals surface area (Å²) in [6.45, 7) is 2.71. The molecule has 0 amide bonds. The van der Waals surface area contributed by atoms with Crippen molar-refractivity contribution in [1.82, 2.24) is 24.9 Å². The minimum Gasteiger partial charge on any atom is -0.334 e. The molecule has 0 N–H and O–H groups in total. The minimum absolute atomic E-state index is 0.275. The lowest BCUT2D eigenvalue weighted by molar-refractivity contribution is 0.423. The van der Waals surface area contributed by atoms with Gasteiger partial charge in [-0.15, -0.1) is 10.2 Å². The quantitative estimate of drug-likeness (QED) is 0.423. The Labute approximate surface area is 174 Å². The van der Waals surface area contributed by atoms with Crippen LogP contribution in [-0.2, 0) is 6.54 Å². The van der Waals surface area contributed by atoms with Crippen LogP contribution in [0.1, 0.15) is 23.8 Å². The van der Waals surface area contributed by atoms with Gasteiger partial charge in [0, 0.05) is 22.5 Å². The standard InChI is InChI=1S/C17H13Cl2N5OS2/c1-2-24-15(9-5-6-27-8-9)21-22-16(24)13(26)14-20-17(25-23-14)11-7-10(18)3-4-12(11)19/h3-8,13,26H,2H2,1H3. The van der Waals surface area contributed by atoms with E-state index in [2.05, 4.69) is 33.0 Å². The van der Waals surface area contributed by atoms with Gasteiger partial charge in [-0.25, -0.2) is 0 Å². The van der Waals surface area contributed by atoms with E-state index in [1.807, 2.05) is 28.3 Å². The normalized spacial score (nSPS) is 12.4. The summed E-state index contributed by atoms with van der Waals surface area (Å²) >= 11 is 18.5. The fourth-order valence-corrected chi connectivity index (χ4v) is 3.97. The Balaban J connectivity index is 1.69. The predicted molar refractivity (Wildman–Crippen MR) is 110 cm³/mol. The second-order valence-electron chi connectivity index (χ2n) is 5.62. The molecule has 0 spiro atoms. The fourth-order valence-electron chi connectivity index (χ4n) is 2.67. The van der Waals surface area contributed by atoms with Crippen LogP contribution in [0.15, 0.2) is 39.5 Å². The molecule has 1 aromatic carbocycles. The van der Waals surface area contributed by atoms with Crippen LogP contribution in [0.5, 0.6) is 0 Å². The number of nitrogens with zero attached hydrogens (tertiary/aromatic N) is 5. The lowest BCUT2D eigenvalue weighted by Gasteiger charge is -2.09. The van der Waals surface area contributed by atoms with Gasteiger partial charge in [-0.1, -0.05) is 28.4 Å². The van der Waals surface area contributed by atoms with Gasteiger partial charge in [0.1, 0.15) is 5.25 Å². The van der Waals surface area contributed by atoms with Crippen LogP contribution in [0.3, 0.4) is 0 Å². The van der Waals surface area contributed by atoms with E-state index in [0.717, 1.165) is 11.4 Å². The maximum Gasteiger partial charge on any atom is 0.259 e. The molecule has 0 aliphatic heterocycles. The molecule has 4 rings (SSSR count). The van der Waals surface area contributed by atoms with Gasteiger partial charge < -0.3 is 9.09 Å². The molecule has 1 atom stereocenters. The molecule has 0 saturated heterocycles. The summed E-state index contributed by atoms with van der Waals surface area (Å²) in [6.07, 6.45) is 0. The van der Waals surface area contributed by atoms with E-state index in [4.69, 9.17) is 27.7 Å². The third-order valence-electron chi connectivity index (χ3n) is 3.96. The molecule has 0 bridgehead atoms. The first-order valence-corrected chi connectivity index (χ1v) is 10.2. The van der Waals surface area contributed by atoms with E-state index in [0.29, 0.717) is 33.8 Å². The lowest BCUT2D eigenvalue weighted by Crippen LogP contribution is -2.08. The SMILES string of the molecule is CCn1c(-c2ccsc2)nnc1C(S)c1noc(-c2cc(Cl)ccc2Cl)n1. The first kappa shape index (κ1) is 18.5. The number of rotatable bonds is 5. The van der Waals surface area contributed by atoms with Gasteiger partial charge in [-0.3, -0.25) is 0 Å². The van der Waals surface area contributed by atoms with Gasteiger partial charge in [-0.2, -0.15) is 28.9 Å². The summed E-state index contributed by atoms with van der Waals surface area (Å²) in [6, 6.07) is 7.06. The average Bonchev–Trinajstić information content (AvgIpc) is 3.42. The number of hydrogen-bond acceptors (Lipinski definition) is 7. The number of halogens is 2. The predicted octanol–water partition coefficient (Wildman–Crippen LogP) is 5.40. The highest BCUT2D eigenvalue weighted by Gasteiger charge is 2.25. The molecule has 0 radical (unpaired) electrons. The molecule has 0 fully saturated rings. The zero-order chi connectivity index (χ0) is 19.0. The van der Waals surface area contributed by atoms with Crippen LogP contribution in [0.4, 0.5) is 0 Å². The Hall–Kier alpha value is -1.87. The Morgan fingerprint density at radius 1 is 1.26 bits per heavy atom. The van der Waals surface area contributed by atoms with Gasteiger partial charge in [0.05, 0.1) is 10.6 Å². The average molecular weight is 438 g/mol. The molecule has 4 aromatic rings. The van der Waals surface area contributed by atoms with Gasteiger partial charge in [0.25, 0.3) is 5.89 Å². The summed E-state index contributed by atoms with van der Waals surface area (Å²) in [7, 11) is 0. The summed E-state index contributed by atoms with van der Waals surface area (Å²) in [4.78, 5) is 4.43. The molecule has 0 aliphatic carbocycles. The third-order valence-corrected chi connectivity index (χ3v) is 5.67. The summed E-state index contributed by atoms with van der Waals surface area (Å²) in [5.74, 6) is 2.08. The van der Waals surface area contributed by atoms with Crippen molar-refractivity contribution in [2.75, 3.05) is 0 Å². The molecule has 3 aromatic heterocycles. The van der Waals surface area contributed by atoms with E-state index < -0.39 is 5.25 Å². The zero-order valence-electron chi connectivity index (χ0n) is 14.0. The number of benzene rings is 1. The van der Waals surface area contributed by atoms with E-state index >= 15 is 0 Å². The van der Waals surface area contributed by atoms with Crippen molar-refractivity contribution in [1.29, 1.82) is 0 Å². The number of aromatic nitrogens is 5. The minimum atomic E-state index is -0.500. The highest BCUT2D eigenvalue weighted by molar-refractivity contribution is 7.80. The van der Waals surface area contributed by atoms with Gasteiger partial charge in [-0.05, 0) is 36.6 Å². The Morgan fingerprint density at radius 2 is 2.11 bits per heavy atom. The molecule has 27 heavy (non-hydrogen) atoms. The lowest BCUT2D eigenvalue weighted by atomic mass is 10.2.